The largest absolute Gasteiger partial charge is 0.429 e. The van der Waals surface area contributed by atoms with Crippen LogP contribution in [0.15, 0.2) is 24.3 Å². The van der Waals surface area contributed by atoms with E-state index in [-0.39, 0.29) is 18.0 Å². The Kier molecular flexibility index (Phi) is 4.87. The van der Waals surface area contributed by atoms with E-state index in [4.69, 9.17) is 5.73 Å². The Balaban J connectivity index is 3.15. The van der Waals surface area contributed by atoms with Crippen molar-refractivity contribution in [2.45, 2.75) is 25.9 Å². The van der Waals surface area contributed by atoms with Crippen LogP contribution in [0.25, 0.3) is 0 Å². The number of anilines is 1. The van der Waals surface area contributed by atoms with Crippen LogP contribution in [-0.4, -0.2) is 18.4 Å². The van der Waals surface area contributed by atoms with Crippen LogP contribution in [0, 0.1) is 0 Å². The first-order valence-electron chi connectivity index (χ1n) is 5.98. The van der Waals surface area contributed by atoms with Gasteiger partial charge in [0.25, 0.3) is 0 Å². The van der Waals surface area contributed by atoms with Crippen molar-refractivity contribution < 1.29 is 26.7 Å². The molecular formula is C12H16F4NO2P. The van der Waals surface area contributed by atoms with Crippen molar-refractivity contribution >= 4 is 13.1 Å². The molecule has 0 bridgehead atoms. The predicted octanol–water partition coefficient (Wildman–Crippen LogP) is 4.29. The Labute approximate surface area is 114 Å². The summed E-state index contributed by atoms with van der Waals surface area (Å²) in [5.74, 6) is -4.62. The van der Waals surface area contributed by atoms with Gasteiger partial charge in [0.2, 0.25) is 7.37 Å². The molecule has 0 aliphatic heterocycles. The van der Waals surface area contributed by atoms with Gasteiger partial charge in [-0.25, -0.2) is 0 Å². The molecule has 3 nitrogen and oxygen atoms in total. The standard InChI is InChI=1S/C12H16F4NO2P/c1-3-20(18,4-2)19-12(15,16)11(13,14)9-6-5-7-10(17)8-9/h5-8H,3-4,17H2,1-2H3. The zero-order chi connectivity index (χ0) is 15.6. The lowest BCUT2D eigenvalue weighted by molar-refractivity contribution is -0.315. The molecular weight excluding hydrogens is 297 g/mol. The monoisotopic (exact) mass is 313 g/mol. The highest BCUT2D eigenvalue weighted by molar-refractivity contribution is 7.58. The maximum atomic E-state index is 13.9. The molecule has 0 heterocycles. The average Bonchev–Trinajstić information content (AvgIpc) is 2.38. The number of rotatable bonds is 6. The van der Waals surface area contributed by atoms with Gasteiger partial charge < -0.3 is 5.73 Å². The number of nitrogen functional groups attached to an aromatic ring is 1. The Morgan fingerprint density at radius 1 is 1.20 bits per heavy atom. The number of halogens is 4. The lowest BCUT2D eigenvalue weighted by Gasteiger charge is -2.29. The molecule has 0 saturated heterocycles. The van der Waals surface area contributed by atoms with E-state index in [1.165, 1.54) is 19.9 Å². The predicted molar refractivity (Wildman–Crippen MR) is 69.5 cm³/mol. The third-order valence-corrected chi connectivity index (χ3v) is 5.35. The number of alkyl halides is 4. The topological polar surface area (TPSA) is 52.3 Å². The van der Waals surface area contributed by atoms with Crippen molar-refractivity contribution in [3.05, 3.63) is 29.8 Å². The maximum absolute atomic E-state index is 13.9. The van der Waals surface area contributed by atoms with E-state index in [2.05, 4.69) is 4.52 Å². The second kappa shape index (κ2) is 5.74. The van der Waals surface area contributed by atoms with Gasteiger partial charge in [0.15, 0.2) is 0 Å². The van der Waals surface area contributed by atoms with Gasteiger partial charge in [-0.15, -0.1) is 0 Å². The van der Waals surface area contributed by atoms with Crippen LogP contribution in [0.2, 0.25) is 0 Å². The fourth-order valence-electron chi connectivity index (χ4n) is 1.52. The molecule has 0 atom stereocenters. The molecule has 0 amide bonds. The number of nitrogens with two attached hydrogens (primary N) is 1. The first-order valence-corrected chi connectivity index (χ1v) is 7.98. The molecule has 1 rings (SSSR count). The fourth-order valence-corrected chi connectivity index (χ4v) is 2.76. The number of benzene rings is 1. The Bertz CT molecular complexity index is 514. The van der Waals surface area contributed by atoms with E-state index >= 15 is 0 Å². The minimum Gasteiger partial charge on any atom is -0.399 e. The molecule has 0 aliphatic carbocycles. The summed E-state index contributed by atoms with van der Waals surface area (Å²) in [5.41, 5.74) is 4.24. The molecule has 0 radical (unpaired) electrons. The van der Waals surface area contributed by atoms with E-state index in [0.29, 0.717) is 0 Å². The van der Waals surface area contributed by atoms with Gasteiger partial charge in [-0.3, -0.25) is 9.09 Å². The molecule has 0 spiro atoms. The number of hydrogen-bond donors (Lipinski definition) is 1. The summed E-state index contributed by atoms with van der Waals surface area (Å²) in [5, 5.41) is 0. The summed E-state index contributed by atoms with van der Waals surface area (Å²) >= 11 is 0. The Hall–Kier alpha value is -1.07. The molecule has 0 aromatic heterocycles. The smallest absolute Gasteiger partial charge is 0.399 e. The van der Waals surface area contributed by atoms with Crippen LogP contribution >= 0.6 is 7.37 Å². The first kappa shape index (κ1) is 17.0. The molecule has 1 aromatic rings. The van der Waals surface area contributed by atoms with Crippen molar-refractivity contribution in [2.24, 2.45) is 0 Å². The molecule has 0 aliphatic rings. The van der Waals surface area contributed by atoms with Crippen LogP contribution in [0.1, 0.15) is 19.4 Å². The molecule has 114 valence electrons. The van der Waals surface area contributed by atoms with Gasteiger partial charge in [0.1, 0.15) is 0 Å². The van der Waals surface area contributed by atoms with Crippen LogP contribution in [0.5, 0.6) is 0 Å². The van der Waals surface area contributed by atoms with Gasteiger partial charge in [0, 0.05) is 23.6 Å². The minimum absolute atomic E-state index is 0.0767. The molecule has 0 fully saturated rings. The van der Waals surface area contributed by atoms with Crippen LogP contribution in [0.3, 0.4) is 0 Å². The zero-order valence-corrected chi connectivity index (χ0v) is 12.0. The second-order valence-electron chi connectivity index (χ2n) is 4.25. The minimum atomic E-state index is -4.87. The lowest BCUT2D eigenvalue weighted by atomic mass is 10.1. The first-order chi connectivity index (χ1) is 9.08. The van der Waals surface area contributed by atoms with Crippen LogP contribution in [-0.2, 0) is 15.0 Å². The highest BCUT2D eigenvalue weighted by atomic mass is 31.2. The summed E-state index contributed by atoms with van der Waals surface area (Å²) in [6, 6.07) is 3.98. The third kappa shape index (κ3) is 3.33. The summed E-state index contributed by atoms with van der Waals surface area (Å²) in [7, 11) is -3.79. The molecule has 0 saturated carbocycles. The molecule has 2 N–H and O–H groups in total. The quantitative estimate of drug-likeness (QED) is 0.484. The van der Waals surface area contributed by atoms with Crippen molar-refractivity contribution in [3.63, 3.8) is 0 Å². The summed E-state index contributed by atoms with van der Waals surface area (Å²) in [6.45, 7) is 2.69. The average molecular weight is 313 g/mol. The summed E-state index contributed by atoms with van der Waals surface area (Å²) in [4.78, 5) is 0. The van der Waals surface area contributed by atoms with Gasteiger partial charge in [0.05, 0.1) is 0 Å². The van der Waals surface area contributed by atoms with Crippen molar-refractivity contribution in [2.75, 3.05) is 18.1 Å². The normalized spacial score (nSPS) is 13.5. The molecule has 20 heavy (non-hydrogen) atoms. The molecule has 8 heteroatoms. The van der Waals surface area contributed by atoms with Crippen molar-refractivity contribution in [1.29, 1.82) is 0 Å². The summed E-state index contributed by atoms with van der Waals surface area (Å²) < 4.78 is 71.0. The van der Waals surface area contributed by atoms with Crippen molar-refractivity contribution in [3.8, 4) is 0 Å². The summed E-state index contributed by atoms with van der Waals surface area (Å²) in [6.07, 6.45) is -5.36. The third-order valence-electron chi connectivity index (χ3n) is 2.86. The maximum Gasteiger partial charge on any atom is 0.429 e. The SMILES string of the molecule is CCP(=O)(CC)OC(F)(F)C(F)(F)c1cccc(N)c1. The van der Waals surface area contributed by atoms with Crippen molar-refractivity contribution in [1.82, 2.24) is 0 Å². The second-order valence-corrected chi connectivity index (χ2v) is 7.33. The van der Waals surface area contributed by atoms with E-state index in [0.717, 1.165) is 18.2 Å². The van der Waals surface area contributed by atoms with E-state index in [9.17, 15) is 22.1 Å². The van der Waals surface area contributed by atoms with Gasteiger partial charge in [-0.1, -0.05) is 26.0 Å². The van der Waals surface area contributed by atoms with E-state index in [1.54, 1.807) is 0 Å². The Morgan fingerprint density at radius 3 is 2.20 bits per heavy atom. The van der Waals surface area contributed by atoms with E-state index < -0.39 is 25.0 Å². The zero-order valence-electron chi connectivity index (χ0n) is 11.1. The van der Waals surface area contributed by atoms with Crippen LogP contribution in [0.4, 0.5) is 23.2 Å². The van der Waals surface area contributed by atoms with Gasteiger partial charge >= 0.3 is 12.0 Å². The van der Waals surface area contributed by atoms with Crippen LogP contribution < -0.4 is 5.73 Å². The molecule has 0 unspecified atom stereocenters. The number of hydrogen-bond acceptors (Lipinski definition) is 3. The van der Waals surface area contributed by atoms with Gasteiger partial charge in [-0.2, -0.15) is 17.6 Å². The Morgan fingerprint density at radius 2 is 1.75 bits per heavy atom. The molecule has 1 aromatic carbocycles. The lowest BCUT2D eigenvalue weighted by Crippen LogP contribution is -2.40. The van der Waals surface area contributed by atoms with E-state index in [1.807, 2.05) is 0 Å². The fraction of sp³-hybridized carbons (Fsp3) is 0.500. The highest BCUT2D eigenvalue weighted by Crippen LogP contribution is 2.56. The van der Waals surface area contributed by atoms with Gasteiger partial charge in [-0.05, 0) is 12.1 Å². The highest BCUT2D eigenvalue weighted by Gasteiger charge is 2.61.